The number of halogens is 1. The zero-order valence-electron chi connectivity index (χ0n) is 12.0. The minimum absolute atomic E-state index is 0.0679. The third-order valence-electron chi connectivity index (χ3n) is 3.90. The minimum atomic E-state index is -0.127. The van der Waals surface area contributed by atoms with Crippen LogP contribution in [0.2, 0.25) is 5.15 Å². The smallest absolute Gasteiger partial charge is 0.226 e. The molecule has 23 heavy (non-hydrogen) atoms. The van der Waals surface area contributed by atoms with E-state index in [9.17, 15) is 4.79 Å². The molecule has 0 aromatic carbocycles. The molecule has 114 valence electrons. The summed E-state index contributed by atoms with van der Waals surface area (Å²) in [6.07, 6.45) is 5.52. The number of aromatic nitrogens is 4. The highest BCUT2D eigenvalue weighted by Crippen LogP contribution is 2.41. The van der Waals surface area contributed by atoms with Crippen LogP contribution in [-0.4, -0.2) is 26.1 Å². The van der Waals surface area contributed by atoms with Crippen molar-refractivity contribution >= 4 is 23.3 Å². The van der Waals surface area contributed by atoms with Gasteiger partial charge in [0.2, 0.25) is 5.91 Å². The van der Waals surface area contributed by atoms with Gasteiger partial charge in [0.15, 0.2) is 5.82 Å². The lowest BCUT2D eigenvalue weighted by Gasteiger charge is -2.23. The third-order valence-corrected chi connectivity index (χ3v) is 4.13. The number of amides is 1. The van der Waals surface area contributed by atoms with Crippen LogP contribution in [0.3, 0.4) is 0 Å². The van der Waals surface area contributed by atoms with Crippen LogP contribution in [0.15, 0.2) is 42.9 Å². The fourth-order valence-corrected chi connectivity index (χ4v) is 2.98. The first-order valence-corrected chi connectivity index (χ1v) is 7.50. The molecule has 0 saturated heterocycles. The van der Waals surface area contributed by atoms with E-state index in [1.807, 2.05) is 18.2 Å². The summed E-state index contributed by atoms with van der Waals surface area (Å²) in [5.41, 5.74) is 3.65. The first kappa shape index (κ1) is 13.9. The maximum Gasteiger partial charge on any atom is 0.226 e. The van der Waals surface area contributed by atoms with E-state index in [1.165, 1.54) is 0 Å². The number of pyridine rings is 2. The van der Waals surface area contributed by atoms with E-state index >= 15 is 0 Å². The number of nitrogens with one attached hydrogen (secondary N) is 2. The van der Waals surface area contributed by atoms with Gasteiger partial charge in [-0.1, -0.05) is 17.7 Å². The van der Waals surface area contributed by atoms with E-state index in [-0.39, 0.29) is 11.8 Å². The summed E-state index contributed by atoms with van der Waals surface area (Å²) in [5, 5.41) is 10.5. The Balaban J connectivity index is 1.86. The van der Waals surface area contributed by atoms with Gasteiger partial charge in [-0.2, -0.15) is 5.10 Å². The van der Waals surface area contributed by atoms with Crippen molar-refractivity contribution in [3.8, 4) is 11.3 Å². The minimum Gasteiger partial charge on any atom is -0.309 e. The lowest BCUT2D eigenvalue weighted by molar-refractivity contribution is -0.116. The summed E-state index contributed by atoms with van der Waals surface area (Å²) < 4.78 is 0. The average Bonchev–Trinajstić information content (AvgIpc) is 2.99. The molecule has 1 aliphatic rings. The standard InChI is InChI=1S/C16H12ClN5O/c17-12-4-3-9(8-19-12)11-6-13(23)20-16-14(11)15(21-22-16)10-2-1-5-18-7-10/h1-5,7-8,11H,6H2,(H2,20,21,22,23). The number of hydrogen-bond donors (Lipinski definition) is 2. The van der Waals surface area contributed by atoms with Crippen LogP contribution in [0, 0.1) is 0 Å². The molecule has 0 fully saturated rings. The highest BCUT2D eigenvalue weighted by atomic mass is 35.5. The van der Waals surface area contributed by atoms with Gasteiger partial charge < -0.3 is 5.32 Å². The molecule has 0 radical (unpaired) electrons. The summed E-state index contributed by atoms with van der Waals surface area (Å²) in [4.78, 5) is 20.3. The second kappa shape index (κ2) is 5.48. The number of H-pyrrole nitrogens is 1. The Morgan fingerprint density at radius 3 is 2.87 bits per heavy atom. The Kier molecular flexibility index (Phi) is 3.31. The highest BCUT2D eigenvalue weighted by molar-refractivity contribution is 6.29. The van der Waals surface area contributed by atoms with Crippen molar-refractivity contribution in [3.63, 3.8) is 0 Å². The monoisotopic (exact) mass is 325 g/mol. The molecule has 1 amide bonds. The van der Waals surface area contributed by atoms with Crippen molar-refractivity contribution < 1.29 is 4.79 Å². The van der Waals surface area contributed by atoms with Gasteiger partial charge in [0.25, 0.3) is 0 Å². The lowest BCUT2D eigenvalue weighted by atomic mass is 9.85. The second-order valence-electron chi connectivity index (χ2n) is 5.32. The maximum atomic E-state index is 12.0. The number of aromatic amines is 1. The van der Waals surface area contributed by atoms with E-state index in [4.69, 9.17) is 11.6 Å². The van der Waals surface area contributed by atoms with Crippen LogP contribution in [-0.2, 0) is 4.79 Å². The van der Waals surface area contributed by atoms with Gasteiger partial charge in [-0.25, -0.2) is 4.98 Å². The fourth-order valence-electron chi connectivity index (χ4n) is 2.86. The fraction of sp³-hybridized carbons (Fsp3) is 0.125. The van der Waals surface area contributed by atoms with Gasteiger partial charge in [0.1, 0.15) is 5.15 Å². The van der Waals surface area contributed by atoms with Crippen molar-refractivity contribution in [2.45, 2.75) is 12.3 Å². The van der Waals surface area contributed by atoms with Crippen LogP contribution in [0.5, 0.6) is 0 Å². The molecule has 0 saturated carbocycles. The third kappa shape index (κ3) is 2.47. The average molecular weight is 326 g/mol. The number of hydrogen-bond acceptors (Lipinski definition) is 4. The first-order valence-electron chi connectivity index (χ1n) is 7.12. The van der Waals surface area contributed by atoms with Gasteiger partial charge in [-0.3, -0.25) is 14.9 Å². The van der Waals surface area contributed by atoms with E-state index in [0.717, 1.165) is 22.4 Å². The van der Waals surface area contributed by atoms with Crippen molar-refractivity contribution in [2.24, 2.45) is 0 Å². The van der Waals surface area contributed by atoms with Crippen molar-refractivity contribution in [1.82, 2.24) is 20.2 Å². The summed E-state index contributed by atoms with van der Waals surface area (Å²) in [6, 6.07) is 7.44. The van der Waals surface area contributed by atoms with Gasteiger partial charge in [0.05, 0.1) is 5.69 Å². The molecular weight excluding hydrogens is 314 g/mol. The molecule has 7 heteroatoms. The lowest BCUT2D eigenvalue weighted by Crippen LogP contribution is -2.23. The van der Waals surface area contributed by atoms with Crippen molar-refractivity contribution in [3.05, 3.63) is 59.1 Å². The van der Waals surface area contributed by atoms with E-state index in [0.29, 0.717) is 17.4 Å². The quantitative estimate of drug-likeness (QED) is 0.709. The Hall–Kier alpha value is -2.73. The van der Waals surface area contributed by atoms with Gasteiger partial charge >= 0.3 is 0 Å². The molecule has 6 nitrogen and oxygen atoms in total. The van der Waals surface area contributed by atoms with Crippen LogP contribution in [0.4, 0.5) is 5.82 Å². The van der Waals surface area contributed by atoms with Crippen LogP contribution >= 0.6 is 11.6 Å². The Bertz CT molecular complexity index is 860. The molecule has 1 aliphatic heterocycles. The molecule has 0 spiro atoms. The van der Waals surface area contributed by atoms with E-state index in [2.05, 4.69) is 25.5 Å². The zero-order valence-corrected chi connectivity index (χ0v) is 12.7. The molecule has 1 atom stereocenters. The molecule has 3 aromatic rings. The predicted octanol–water partition coefficient (Wildman–Crippen LogP) is 2.99. The van der Waals surface area contributed by atoms with E-state index < -0.39 is 0 Å². The SMILES string of the molecule is O=C1CC(c2ccc(Cl)nc2)c2c(n[nH]c2-c2cccnc2)N1. The summed E-state index contributed by atoms with van der Waals surface area (Å²) >= 11 is 5.87. The molecular formula is C16H12ClN5O. The molecule has 2 N–H and O–H groups in total. The van der Waals surface area contributed by atoms with Crippen molar-refractivity contribution in [1.29, 1.82) is 0 Å². The number of fused-ring (bicyclic) bond motifs is 1. The largest absolute Gasteiger partial charge is 0.309 e. The highest BCUT2D eigenvalue weighted by Gasteiger charge is 2.32. The van der Waals surface area contributed by atoms with Crippen LogP contribution in [0.25, 0.3) is 11.3 Å². The van der Waals surface area contributed by atoms with Crippen LogP contribution in [0.1, 0.15) is 23.5 Å². The maximum absolute atomic E-state index is 12.0. The normalized spacial score (nSPS) is 16.7. The summed E-state index contributed by atoms with van der Waals surface area (Å²) in [6.45, 7) is 0. The number of anilines is 1. The Morgan fingerprint density at radius 1 is 1.22 bits per heavy atom. The summed E-state index contributed by atoms with van der Waals surface area (Å²) in [5.74, 6) is 0.360. The number of carbonyl (C=O) groups is 1. The molecule has 4 rings (SSSR count). The van der Waals surface area contributed by atoms with Gasteiger partial charge in [-0.05, 0) is 23.8 Å². The first-order chi connectivity index (χ1) is 11.2. The van der Waals surface area contributed by atoms with Gasteiger partial charge in [0, 0.05) is 42.1 Å². The second-order valence-corrected chi connectivity index (χ2v) is 5.71. The van der Waals surface area contributed by atoms with Gasteiger partial charge in [-0.15, -0.1) is 0 Å². The number of nitrogens with zero attached hydrogens (tertiary/aromatic N) is 3. The molecule has 0 bridgehead atoms. The number of carbonyl (C=O) groups excluding carboxylic acids is 1. The molecule has 1 unspecified atom stereocenters. The topological polar surface area (TPSA) is 83.6 Å². The van der Waals surface area contributed by atoms with Crippen LogP contribution < -0.4 is 5.32 Å². The Morgan fingerprint density at radius 2 is 2.13 bits per heavy atom. The molecule has 3 aromatic heterocycles. The zero-order chi connectivity index (χ0) is 15.8. The molecule has 0 aliphatic carbocycles. The van der Waals surface area contributed by atoms with Crippen molar-refractivity contribution in [2.75, 3.05) is 5.32 Å². The summed E-state index contributed by atoms with van der Waals surface area (Å²) in [7, 11) is 0. The Labute approximate surface area is 136 Å². The molecule has 4 heterocycles. The number of rotatable bonds is 2. The predicted molar refractivity (Wildman–Crippen MR) is 86.2 cm³/mol. The van der Waals surface area contributed by atoms with E-state index in [1.54, 1.807) is 24.7 Å².